The van der Waals surface area contributed by atoms with E-state index in [0.29, 0.717) is 0 Å². The Morgan fingerprint density at radius 3 is 2.26 bits per heavy atom. The molecule has 0 aliphatic carbocycles. The summed E-state index contributed by atoms with van der Waals surface area (Å²) in [6, 6.07) is 7.95. The van der Waals surface area contributed by atoms with Crippen LogP contribution in [0.15, 0.2) is 24.3 Å². The number of nitrogens with one attached hydrogen (secondary N) is 1. The van der Waals surface area contributed by atoms with Gasteiger partial charge < -0.3 is 5.32 Å². The molecule has 1 aromatic rings. The van der Waals surface area contributed by atoms with E-state index in [4.69, 9.17) is 11.6 Å². The summed E-state index contributed by atoms with van der Waals surface area (Å²) in [5.41, 5.74) is 1.10. The fraction of sp³-hybridized carbons (Fsp3) is 0.611. The second-order valence-corrected chi connectivity index (χ2v) is 7.79. The van der Waals surface area contributed by atoms with Crippen molar-refractivity contribution < 1.29 is 4.79 Å². The van der Waals surface area contributed by atoms with Crippen molar-refractivity contribution in [3.63, 3.8) is 0 Å². The summed E-state index contributed by atoms with van der Waals surface area (Å²) in [4.78, 5) is 17.0. The molecule has 5 heteroatoms. The van der Waals surface area contributed by atoms with Crippen LogP contribution in [0.2, 0.25) is 5.02 Å². The second kappa shape index (κ2) is 7.65. The summed E-state index contributed by atoms with van der Waals surface area (Å²) in [6.45, 7) is 12.8. The molecule has 1 amide bonds. The largest absolute Gasteiger partial charge is 0.350 e. The van der Waals surface area contributed by atoms with Crippen molar-refractivity contribution >= 4 is 17.5 Å². The first-order valence-corrected chi connectivity index (χ1v) is 8.65. The summed E-state index contributed by atoms with van der Waals surface area (Å²) in [5.74, 6) is 0.114. The van der Waals surface area contributed by atoms with Gasteiger partial charge in [0.15, 0.2) is 0 Å². The van der Waals surface area contributed by atoms with E-state index in [0.717, 1.165) is 37.7 Å². The highest BCUT2D eigenvalue weighted by Gasteiger charge is 2.27. The van der Waals surface area contributed by atoms with Gasteiger partial charge in [-0.3, -0.25) is 14.6 Å². The van der Waals surface area contributed by atoms with Crippen molar-refractivity contribution in [2.75, 3.05) is 26.2 Å². The normalized spacial score (nSPS) is 18.7. The number of nitrogens with zero attached hydrogens (tertiary/aromatic N) is 2. The Morgan fingerprint density at radius 1 is 1.17 bits per heavy atom. The molecule has 128 valence electrons. The standard InChI is InChI=1S/C18H28ClN3O/c1-14(17(23)20-18(2,3)4)22-11-9-21(10-12-22)13-15-5-7-16(19)8-6-15/h5-8,14H,9-13H2,1-4H3,(H,20,23). The van der Waals surface area contributed by atoms with Crippen molar-refractivity contribution in [3.8, 4) is 0 Å². The highest BCUT2D eigenvalue weighted by Crippen LogP contribution is 2.14. The van der Waals surface area contributed by atoms with Crippen LogP contribution in [0.1, 0.15) is 33.3 Å². The molecule has 0 saturated carbocycles. The molecule has 1 fully saturated rings. The van der Waals surface area contributed by atoms with E-state index in [1.54, 1.807) is 0 Å². The van der Waals surface area contributed by atoms with Crippen LogP contribution in [0, 0.1) is 0 Å². The van der Waals surface area contributed by atoms with E-state index < -0.39 is 0 Å². The van der Waals surface area contributed by atoms with Gasteiger partial charge in [0.25, 0.3) is 0 Å². The van der Waals surface area contributed by atoms with E-state index in [1.807, 2.05) is 39.8 Å². The predicted molar refractivity (Wildman–Crippen MR) is 95.7 cm³/mol. The summed E-state index contributed by atoms with van der Waals surface area (Å²) in [5, 5.41) is 3.84. The lowest BCUT2D eigenvalue weighted by molar-refractivity contribution is -0.128. The SMILES string of the molecule is CC(C(=O)NC(C)(C)C)N1CCN(Cc2ccc(Cl)cc2)CC1. The summed E-state index contributed by atoms with van der Waals surface area (Å²) >= 11 is 5.93. The average Bonchev–Trinajstić information content (AvgIpc) is 2.48. The van der Waals surface area contributed by atoms with Crippen LogP contribution < -0.4 is 5.32 Å². The topological polar surface area (TPSA) is 35.6 Å². The predicted octanol–water partition coefficient (Wildman–Crippen LogP) is 2.76. The summed E-state index contributed by atoms with van der Waals surface area (Å²) < 4.78 is 0. The molecule has 2 rings (SSSR count). The monoisotopic (exact) mass is 337 g/mol. The van der Waals surface area contributed by atoms with Gasteiger partial charge in [-0.15, -0.1) is 0 Å². The molecule has 1 unspecified atom stereocenters. The Labute approximate surface area is 144 Å². The van der Waals surface area contributed by atoms with Crippen LogP contribution in [-0.4, -0.2) is 53.5 Å². The van der Waals surface area contributed by atoms with Crippen LogP contribution in [0.5, 0.6) is 0 Å². The highest BCUT2D eigenvalue weighted by molar-refractivity contribution is 6.30. The van der Waals surface area contributed by atoms with Gasteiger partial charge in [0.05, 0.1) is 6.04 Å². The van der Waals surface area contributed by atoms with E-state index in [9.17, 15) is 4.79 Å². The minimum absolute atomic E-state index is 0.0769. The van der Waals surface area contributed by atoms with Gasteiger partial charge in [-0.05, 0) is 45.4 Å². The molecule has 4 nitrogen and oxygen atoms in total. The van der Waals surface area contributed by atoms with Crippen LogP contribution in [0.25, 0.3) is 0 Å². The van der Waals surface area contributed by atoms with Crippen molar-refractivity contribution in [1.29, 1.82) is 0 Å². The van der Waals surface area contributed by atoms with E-state index in [1.165, 1.54) is 5.56 Å². The number of benzene rings is 1. The minimum Gasteiger partial charge on any atom is -0.350 e. The number of carbonyl (C=O) groups excluding carboxylic acids is 1. The molecule has 1 aliphatic rings. The zero-order chi connectivity index (χ0) is 17.0. The quantitative estimate of drug-likeness (QED) is 0.917. The van der Waals surface area contributed by atoms with E-state index in [-0.39, 0.29) is 17.5 Å². The van der Waals surface area contributed by atoms with E-state index >= 15 is 0 Å². The molecule has 0 radical (unpaired) electrons. The molecule has 23 heavy (non-hydrogen) atoms. The molecule has 1 atom stereocenters. The first-order chi connectivity index (χ1) is 10.7. The smallest absolute Gasteiger partial charge is 0.237 e. The minimum atomic E-state index is -0.179. The lowest BCUT2D eigenvalue weighted by Gasteiger charge is -2.38. The van der Waals surface area contributed by atoms with E-state index in [2.05, 4.69) is 27.2 Å². The van der Waals surface area contributed by atoms with Crippen molar-refractivity contribution in [1.82, 2.24) is 15.1 Å². The van der Waals surface area contributed by atoms with Crippen molar-refractivity contribution in [2.24, 2.45) is 0 Å². The molecule has 1 N–H and O–H groups in total. The fourth-order valence-corrected chi connectivity index (χ4v) is 2.92. The second-order valence-electron chi connectivity index (χ2n) is 7.35. The Kier molecular flexibility index (Phi) is 6.06. The zero-order valence-corrected chi connectivity index (χ0v) is 15.4. The van der Waals surface area contributed by atoms with Crippen molar-refractivity contribution in [3.05, 3.63) is 34.9 Å². The Balaban J connectivity index is 1.81. The maximum Gasteiger partial charge on any atom is 0.237 e. The summed E-state index contributed by atoms with van der Waals surface area (Å²) in [7, 11) is 0. The van der Waals surface area contributed by atoms with Crippen molar-refractivity contribution in [2.45, 2.75) is 45.8 Å². The Bertz CT molecular complexity index is 516. The van der Waals surface area contributed by atoms with Crippen LogP contribution in [0.4, 0.5) is 0 Å². The van der Waals surface area contributed by atoms with Gasteiger partial charge in [0.1, 0.15) is 0 Å². The Hall–Kier alpha value is -1.10. The first-order valence-electron chi connectivity index (χ1n) is 8.27. The molecule has 1 saturated heterocycles. The third-order valence-electron chi connectivity index (χ3n) is 4.15. The molecule has 1 heterocycles. The fourth-order valence-electron chi connectivity index (χ4n) is 2.80. The lowest BCUT2D eigenvalue weighted by atomic mass is 10.1. The van der Waals surface area contributed by atoms with Crippen LogP contribution in [-0.2, 0) is 11.3 Å². The number of hydrogen-bond acceptors (Lipinski definition) is 3. The molecule has 0 spiro atoms. The third kappa shape index (κ3) is 5.79. The van der Waals surface area contributed by atoms with Gasteiger partial charge in [-0.25, -0.2) is 0 Å². The van der Waals surface area contributed by atoms with Gasteiger partial charge in [-0.2, -0.15) is 0 Å². The summed E-state index contributed by atoms with van der Waals surface area (Å²) in [6.07, 6.45) is 0. The molecule has 1 aromatic carbocycles. The first kappa shape index (κ1) is 18.2. The highest BCUT2D eigenvalue weighted by atomic mass is 35.5. The number of rotatable bonds is 4. The number of carbonyl (C=O) groups is 1. The maximum atomic E-state index is 12.3. The Morgan fingerprint density at radius 2 is 1.74 bits per heavy atom. The van der Waals surface area contributed by atoms with Gasteiger partial charge in [0, 0.05) is 43.3 Å². The molecule has 0 aromatic heterocycles. The number of halogens is 1. The average molecular weight is 338 g/mol. The molecule has 0 bridgehead atoms. The lowest BCUT2D eigenvalue weighted by Crippen LogP contribution is -2.56. The zero-order valence-electron chi connectivity index (χ0n) is 14.6. The third-order valence-corrected chi connectivity index (χ3v) is 4.40. The van der Waals surface area contributed by atoms with Gasteiger partial charge in [0.2, 0.25) is 5.91 Å². The van der Waals surface area contributed by atoms with Gasteiger partial charge >= 0.3 is 0 Å². The number of amides is 1. The number of hydrogen-bond donors (Lipinski definition) is 1. The van der Waals surface area contributed by atoms with Gasteiger partial charge in [-0.1, -0.05) is 23.7 Å². The van der Waals surface area contributed by atoms with Crippen LogP contribution in [0.3, 0.4) is 0 Å². The molecular weight excluding hydrogens is 310 g/mol. The number of piperazine rings is 1. The molecular formula is C18H28ClN3O. The van der Waals surface area contributed by atoms with Crippen LogP contribution >= 0.6 is 11.6 Å². The maximum absolute atomic E-state index is 12.3. The molecule has 1 aliphatic heterocycles.